The molecule has 0 aliphatic heterocycles. The van der Waals surface area contributed by atoms with E-state index in [1.807, 2.05) is 54.7 Å². The van der Waals surface area contributed by atoms with Crippen LogP contribution in [0.4, 0.5) is 5.69 Å². The van der Waals surface area contributed by atoms with Crippen LogP contribution in [-0.4, -0.2) is 35.9 Å². The number of hydrogen-bond donors (Lipinski definition) is 0. The van der Waals surface area contributed by atoms with Gasteiger partial charge in [-0.2, -0.15) is 0 Å². The first-order chi connectivity index (χ1) is 20.1. The van der Waals surface area contributed by atoms with Gasteiger partial charge in [0.25, 0.3) is 0 Å². The number of aromatic nitrogens is 1. The van der Waals surface area contributed by atoms with Crippen molar-refractivity contribution in [1.29, 1.82) is 0 Å². The van der Waals surface area contributed by atoms with Gasteiger partial charge in [0, 0.05) is 17.5 Å². The van der Waals surface area contributed by atoms with Crippen molar-refractivity contribution in [3.63, 3.8) is 0 Å². The predicted molar refractivity (Wildman–Crippen MR) is 162 cm³/mol. The van der Waals surface area contributed by atoms with Crippen molar-refractivity contribution in [3.05, 3.63) is 132 Å². The van der Waals surface area contributed by atoms with E-state index in [0.717, 1.165) is 33.8 Å². The van der Waals surface area contributed by atoms with Crippen molar-refractivity contribution in [2.75, 3.05) is 13.2 Å². The van der Waals surface area contributed by atoms with E-state index in [1.54, 1.807) is 50.2 Å². The minimum Gasteiger partial charge on any atom is -0.462 e. The predicted octanol–water partition coefficient (Wildman–Crippen LogP) is 7.92. The highest BCUT2D eigenvalue weighted by Gasteiger charge is 2.19. The lowest BCUT2D eigenvalue weighted by molar-refractivity contribution is 0.0517. The maximum atomic E-state index is 12.3. The molecule has 4 aromatic carbocycles. The topological polar surface area (TPSA) is 69.9 Å². The van der Waals surface area contributed by atoms with E-state index in [2.05, 4.69) is 34.9 Å². The summed E-state index contributed by atoms with van der Waals surface area (Å²) in [6, 6.07) is 36.9. The quantitative estimate of drug-likeness (QED) is 0.140. The third-order valence-corrected chi connectivity index (χ3v) is 6.51. The van der Waals surface area contributed by atoms with Gasteiger partial charge in [0.05, 0.1) is 41.4 Å². The number of esters is 2. The Morgan fingerprint density at radius 1 is 0.683 bits per heavy atom. The SMILES string of the molecule is CCOC(=O)c1ccc(N=Cc2cc(-c3ccccc3)n(-c3ccc(C(=O)OCC)cc3)c2-c2ccccc2)cc1. The third kappa shape index (κ3) is 6.17. The Labute approximate surface area is 239 Å². The number of carbonyl (C=O) groups is 2. The van der Waals surface area contributed by atoms with Gasteiger partial charge in [0.15, 0.2) is 0 Å². The van der Waals surface area contributed by atoms with Crippen molar-refractivity contribution in [1.82, 2.24) is 4.57 Å². The van der Waals surface area contributed by atoms with Crippen molar-refractivity contribution in [3.8, 4) is 28.2 Å². The number of ether oxygens (including phenoxy) is 2. The van der Waals surface area contributed by atoms with Crippen LogP contribution in [0.15, 0.2) is 120 Å². The van der Waals surface area contributed by atoms with Crippen molar-refractivity contribution in [2.24, 2.45) is 4.99 Å². The molecule has 0 fully saturated rings. The van der Waals surface area contributed by atoms with Gasteiger partial charge < -0.3 is 14.0 Å². The average molecular weight is 543 g/mol. The van der Waals surface area contributed by atoms with Crippen LogP contribution in [0.25, 0.3) is 28.2 Å². The molecule has 0 aliphatic rings. The summed E-state index contributed by atoms with van der Waals surface area (Å²) in [4.78, 5) is 29.1. The largest absolute Gasteiger partial charge is 0.462 e. The van der Waals surface area contributed by atoms with Crippen LogP contribution in [0.2, 0.25) is 0 Å². The highest BCUT2D eigenvalue weighted by atomic mass is 16.5. The Bertz CT molecular complexity index is 1650. The number of benzene rings is 4. The molecule has 5 aromatic rings. The molecule has 0 amide bonds. The fourth-order valence-electron chi connectivity index (χ4n) is 4.61. The monoisotopic (exact) mass is 542 g/mol. The van der Waals surface area contributed by atoms with Crippen molar-refractivity contribution < 1.29 is 19.1 Å². The normalized spacial score (nSPS) is 11.0. The first kappa shape index (κ1) is 27.3. The van der Waals surface area contributed by atoms with Crippen LogP contribution < -0.4 is 0 Å². The fourth-order valence-corrected chi connectivity index (χ4v) is 4.61. The maximum Gasteiger partial charge on any atom is 0.338 e. The standard InChI is InChI=1S/C35H30N2O4/c1-3-40-34(38)27-15-19-30(20-16-27)36-24-29-23-32(25-11-7-5-8-12-25)37(33(29)26-13-9-6-10-14-26)31-21-17-28(18-22-31)35(39)41-4-2/h5-24H,3-4H2,1-2H3. The molecule has 1 aromatic heterocycles. The molecular weight excluding hydrogens is 512 g/mol. The molecule has 0 atom stereocenters. The molecule has 0 saturated carbocycles. The summed E-state index contributed by atoms with van der Waals surface area (Å²) >= 11 is 0. The summed E-state index contributed by atoms with van der Waals surface area (Å²) < 4.78 is 12.5. The number of nitrogens with zero attached hydrogens (tertiary/aromatic N) is 2. The zero-order valence-corrected chi connectivity index (χ0v) is 23.0. The summed E-state index contributed by atoms with van der Waals surface area (Å²) in [5.41, 5.74) is 7.50. The van der Waals surface area contributed by atoms with Crippen LogP contribution in [0.1, 0.15) is 40.1 Å². The van der Waals surface area contributed by atoms with Gasteiger partial charge in [0.2, 0.25) is 0 Å². The van der Waals surface area contributed by atoms with Crippen molar-refractivity contribution >= 4 is 23.8 Å². The smallest absolute Gasteiger partial charge is 0.338 e. The van der Waals surface area contributed by atoms with E-state index in [9.17, 15) is 9.59 Å². The summed E-state index contributed by atoms with van der Waals surface area (Å²) in [5.74, 6) is -0.701. The molecule has 5 rings (SSSR count). The van der Waals surface area contributed by atoms with Gasteiger partial charge in [-0.25, -0.2) is 9.59 Å². The first-order valence-corrected chi connectivity index (χ1v) is 13.5. The minimum absolute atomic E-state index is 0.322. The molecule has 0 bridgehead atoms. The van der Waals surface area contributed by atoms with Gasteiger partial charge in [-0.1, -0.05) is 60.7 Å². The Kier molecular flexibility index (Phi) is 8.50. The Morgan fingerprint density at radius 2 is 1.20 bits per heavy atom. The molecule has 204 valence electrons. The molecule has 0 unspecified atom stereocenters. The van der Waals surface area contributed by atoms with E-state index >= 15 is 0 Å². The lowest BCUT2D eigenvalue weighted by Crippen LogP contribution is -2.05. The Balaban J connectivity index is 1.64. The summed E-state index contributed by atoms with van der Waals surface area (Å²) in [5, 5.41) is 0. The highest BCUT2D eigenvalue weighted by Crippen LogP contribution is 2.35. The molecule has 0 radical (unpaired) electrons. The number of hydrogen-bond acceptors (Lipinski definition) is 5. The molecule has 0 aliphatic carbocycles. The van der Waals surface area contributed by atoms with Crippen LogP contribution in [0, 0.1) is 0 Å². The summed E-state index contributed by atoms with van der Waals surface area (Å²) in [6.07, 6.45) is 1.84. The van der Waals surface area contributed by atoms with E-state index in [4.69, 9.17) is 14.5 Å². The summed E-state index contributed by atoms with van der Waals surface area (Å²) in [7, 11) is 0. The van der Waals surface area contributed by atoms with E-state index in [1.165, 1.54) is 0 Å². The number of carbonyl (C=O) groups excluding carboxylic acids is 2. The highest BCUT2D eigenvalue weighted by molar-refractivity contribution is 5.95. The molecular formula is C35H30N2O4. The Hall–Kier alpha value is -5.23. The minimum atomic E-state index is -0.354. The van der Waals surface area contributed by atoms with Gasteiger partial charge in [-0.05, 0) is 79.6 Å². The molecule has 0 N–H and O–H groups in total. The molecule has 0 spiro atoms. The van der Waals surface area contributed by atoms with E-state index < -0.39 is 0 Å². The molecule has 6 heteroatoms. The van der Waals surface area contributed by atoms with Gasteiger partial charge in [-0.15, -0.1) is 0 Å². The zero-order chi connectivity index (χ0) is 28.6. The van der Waals surface area contributed by atoms with Gasteiger partial charge in [-0.3, -0.25) is 4.99 Å². The maximum absolute atomic E-state index is 12.3. The Morgan fingerprint density at radius 3 is 1.73 bits per heavy atom. The second kappa shape index (κ2) is 12.7. The molecule has 6 nitrogen and oxygen atoms in total. The number of aliphatic imine (C=N–C) groups is 1. The molecule has 1 heterocycles. The molecule has 41 heavy (non-hydrogen) atoms. The second-order valence-electron chi connectivity index (χ2n) is 9.19. The van der Waals surface area contributed by atoms with Gasteiger partial charge >= 0.3 is 11.9 Å². The van der Waals surface area contributed by atoms with Crippen LogP contribution >= 0.6 is 0 Å². The van der Waals surface area contributed by atoms with Crippen LogP contribution in [0.5, 0.6) is 0 Å². The van der Waals surface area contributed by atoms with Crippen LogP contribution in [0.3, 0.4) is 0 Å². The average Bonchev–Trinajstić information content (AvgIpc) is 3.41. The zero-order valence-electron chi connectivity index (χ0n) is 23.0. The first-order valence-electron chi connectivity index (χ1n) is 13.5. The fraction of sp³-hybridized carbons (Fsp3) is 0.114. The summed E-state index contributed by atoms with van der Waals surface area (Å²) in [6.45, 7) is 4.23. The van der Waals surface area contributed by atoms with Crippen LogP contribution in [-0.2, 0) is 9.47 Å². The van der Waals surface area contributed by atoms with E-state index in [0.29, 0.717) is 30.0 Å². The third-order valence-electron chi connectivity index (χ3n) is 6.51. The number of rotatable bonds is 9. The molecule has 0 saturated heterocycles. The van der Waals surface area contributed by atoms with Gasteiger partial charge in [0.1, 0.15) is 0 Å². The lowest BCUT2D eigenvalue weighted by Gasteiger charge is -2.15. The lowest BCUT2D eigenvalue weighted by atomic mass is 10.1. The van der Waals surface area contributed by atoms with Crippen molar-refractivity contribution in [2.45, 2.75) is 13.8 Å². The van der Waals surface area contributed by atoms with E-state index in [-0.39, 0.29) is 11.9 Å². The second-order valence-corrected chi connectivity index (χ2v) is 9.19.